The van der Waals surface area contributed by atoms with Crippen molar-refractivity contribution in [1.82, 2.24) is 0 Å². The lowest BCUT2D eigenvalue weighted by Crippen LogP contribution is -2.04. The molecule has 0 saturated carbocycles. The van der Waals surface area contributed by atoms with E-state index >= 15 is 0 Å². The topological polar surface area (TPSA) is 52.4 Å². The van der Waals surface area contributed by atoms with Gasteiger partial charge in [-0.25, -0.2) is 0 Å². The molecule has 82 valence electrons. The maximum atomic E-state index is 11.9. The summed E-state index contributed by atoms with van der Waals surface area (Å²) in [7, 11) is 0. The first-order valence-electron chi connectivity index (χ1n) is 3.82. The molecule has 4 nitrogen and oxygen atoms in total. The Morgan fingerprint density at radius 3 is 2.67 bits per heavy atom. The summed E-state index contributed by atoms with van der Waals surface area (Å²) in [5, 5.41) is 10.4. The number of nitro groups is 1. The van der Waals surface area contributed by atoms with Crippen molar-refractivity contribution < 1.29 is 18.4 Å². The Morgan fingerprint density at radius 2 is 2.20 bits per heavy atom. The Balaban J connectivity index is 3.03. The van der Waals surface area contributed by atoms with Crippen LogP contribution in [0.1, 0.15) is 5.56 Å². The molecule has 0 aliphatic heterocycles. The van der Waals surface area contributed by atoms with Gasteiger partial charge in [0.25, 0.3) is 5.69 Å². The summed E-state index contributed by atoms with van der Waals surface area (Å²) < 4.78 is 27.9. The second-order valence-corrected chi connectivity index (χ2v) is 2.83. The van der Waals surface area contributed by atoms with Crippen molar-refractivity contribution in [3.63, 3.8) is 0 Å². The van der Waals surface area contributed by atoms with Crippen molar-refractivity contribution in [2.45, 2.75) is 12.5 Å². The zero-order valence-electron chi connectivity index (χ0n) is 7.32. The molecular weight excluding hydrogens is 232 g/mol. The van der Waals surface area contributed by atoms with E-state index in [-0.39, 0.29) is 22.9 Å². The van der Waals surface area contributed by atoms with Crippen molar-refractivity contribution in [1.29, 1.82) is 0 Å². The van der Waals surface area contributed by atoms with Crippen molar-refractivity contribution in [3.05, 3.63) is 33.9 Å². The highest BCUT2D eigenvalue weighted by molar-refractivity contribution is 6.17. The van der Waals surface area contributed by atoms with Gasteiger partial charge in [0.05, 0.1) is 10.8 Å². The zero-order valence-corrected chi connectivity index (χ0v) is 8.08. The van der Waals surface area contributed by atoms with E-state index < -0.39 is 11.5 Å². The van der Waals surface area contributed by atoms with Gasteiger partial charge in [0.1, 0.15) is 5.75 Å². The summed E-state index contributed by atoms with van der Waals surface area (Å²) in [4.78, 5) is 9.74. The summed E-state index contributed by atoms with van der Waals surface area (Å²) in [6, 6.07) is 3.28. The average molecular weight is 238 g/mol. The van der Waals surface area contributed by atoms with Gasteiger partial charge in [-0.2, -0.15) is 8.78 Å². The molecule has 0 amide bonds. The third-order valence-corrected chi connectivity index (χ3v) is 1.90. The molecule has 1 aromatic carbocycles. The van der Waals surface area contributed by atoms with Crippen LogP contribution in [0.5, 0.6) is 5.75 Å². The van der Waals surface area contributed by atoms with Crippen LogP contribution < -0.4 is 4.74 Å². The number of non-ortho nitro benzene ring substituents is 1. The van der Waals surface area contributed by atoms with Crippen molar-refractivity contribution in [2.75, 3.05) is 0 Å². The van der Waals surface area contributed by atoms with E-state index in [2.05, 4.69) is 4.74 Å². The fourth-order valence-corrected chi connectivity index (χ4v) is 1.20. The molecule has 1 aromatic rings. The lowest BCUT2D eigenvalue weighted by Gasteiger charge is -2.07. The van der Waals surface area contributed by atoms with Crippen LogP contribution in [0, 0.1) is 10.1 Å². The van der Waals surface area contributed by atoms with Crippen LogP contribution in [-0.4, -0.2) is 11.5 Å². The van der Waals surface area contributed by atoms with Gasteiger partial charge in [-0.15, -0.1) is 11.6 Å². The lowest BCUT2D eigenvalue weighted by atomic mass is 10.2. The zero-order chi connectivity index (χ0) is 11.4. The van der Waals surface area contributed by atoms with E-state index in [1.54, 1.807) is 0 Å². The fraction of sp³-hybridized carbons (Fsp3) is 0.250. The van der Waals surface area contributed by atoms with Gasteiger partial charge >= 0.3 is 6.61 Å². The highest BCUT2D eigenvalue weighted by atomic mass is 35.5. The number of benzene rings is 1. The lowest BCUT2D eigenvalue weighted by molar-refractivity contribution is -0.384. The van der Waals surface area contributed by atoms with Crippen LogP contribution in [0.4, 0.5) is 14.5 Å². The molecule has 0 saturated heterocycles. The molecule has 0 fully saturated rings. The van der Waals surface area contributed by atoms with Gasteiger partial charge in [0.2, 0.25) is 0 Å². The maximum Gasteiger partial charge on any atom is 0.387 e. The highest BCUT2D eigenvalue weighted by Crippen LogP contribution is 2.26. The summed E-state index contributed by atoms with van der Waals surface area (Å²) in [6.45, 7) is -2.98. The Kier molecular flexibility index (Phi) is 3.79. The number of alkyl halides is 3. The second-order valence-electron chi connectivity index (χ2n) is 2.56. The minimum Gasteiger partial charge on any atom is -0.434 e. The molecule has 0 bridgehead atoms. The molecule has 7 heteroatoms. The molecule has 0 atom stereocenters. The summed E-state index contributed by atoms with van der Waals surface area (Å²) >= 11 is 5.44. The van der Waals surface area contributed by atoms with Crippen LogP contribution >= 0.6 is 11.6 Å². The largest absolute Gasteiger partial charge is 0.434 e. The van der Waals surface area contributed by atoms with Crippen molar-refractivity contribution >= 4 is 17.3 Å². The first-order chi connectivity index (χ1) is 7.04. The van der Waals surface area contributed by atoms with Crippen LogP contribution in [-0.2, 0) is 5.88 Å². The number of rotatable bonds is 4. The Labute approximate surface area is 88.6 Å². The quantitative estimate of drug-likeness (QED) is 0.460. The predicted octanol–water partition coefficient (Wildman–Crippen LogP) is 2.94. The molecule has 1 rings (SSSR count). The standard InChI is InChI=1S/C8H6ClF2NO3/c9-4-5-3-6(12(13)14)1-2-7(5)15-8(10)11/h1-3,8H,4H2. The highest BCUT2D eigenvalue weighted by Gasteiger charge is 2.13. The summed E-state index contributed by atoms with van der Waals surface area (Å²) in [5.41, 5.74) is -0.0570. The van der Waals surface area contributed by atoms with E-state index in [1.807, 2.05) is 0 Å². The molecule has 0 N–H and O–H groups in total. The third kappa shape index (κ3) is 3.02. The average Bonchev–Trinajstić information content (AvgIpc) is 2.17. The molecule has 0 aliphatic rings. The predicted molar refractivity (Wildman–Crippen MR) is 49.3 cm³/mol. The molecule has 0 aromatic heterocycles. The Hall–Kier alpha value is -1.43. The minimum absolute atomic E-state index is 0.135. The van der Waals surface area contributed by atoms with Crippen LogP contribution in [0.3, 0.4) is 0 Å². The SMILES string of the molecule is O=[N+]([O-])c1ccc(OC(F)F)c(CCl)c1. The van der Waals surface area contributed by atoms with E-state index in [9.17, 15) is 18.9 Å². The molecule has 15 heavy (non-hydrogen) atoms. The minimum atomic E-state index is -2.98. The van der Waals surface area contributed by atoms with Crippen molar-refractivity contribution in [3.8, 4) is 5.75 Å². The first kappa shape index (κ1) is 11.6. The van der Waals surface area contributed by atoms with Crippen LogP contribution in [0.15, 0.2) is 18.2 Å². The van der Waals surface area contributed by atoms with Gasteiger partial charge in [0.15, 0.2) is 0 Å². The number of hydrogen-bond donors (Lipinski definition) is 0. The maximum absolute atomic E-state index is 11.9. The molecule has 0 spiro atoms. The summed E-state index contributed by atoms with van der Waals surface area (Å²) in [5.74, 6) is -0.283. The Bertz CT molecular complexity index is 373. The van der Waals surface area contributed by atoms with E-state index in [1.165, 1.54) is 0 Å². The van der Waals surface area contributed by atoms with Crippen LogP contribution in [0.2, 0.25) is 0 Å². The van der Waals surface area contributed by atoms with Crippen molar-refractivity contribution in [2.24, 2.45) is 0 Å². The number of halogens is 3. The van der Waals surface area contributed by atoms with Gasteiger partial charge in [-0.3, -0.25) is 10.1 Å². The smallest absolute Gasteiger partial charge is 0.387 e. The molecule has 0 aliphatic carbocycles. The van der Waals surface area contributed by atoms with Gasteiger partial charge in [0, 0.05) is 17.7 Å². The van der Waals surface area contributed by atoms with Gasteiger partial charge in [-0.1, -0.05) is 0 Å². The summed E-state index contributed by atoms with van der Waals surface area (Å²) in [6.07, 6.45) is 0. The first-order valence-corrected chi connectivity index (χ1v) is 4.36. The van der Waals surface area contributed by atoms with E-state index in [0.717, 1.165) is 18.2 Å². The number of hydrogen-bond acceptors (Lipinski definition) is 3. The number of nitrogens with zero attached hydrogens (tertiary/aromatic N) is 1. The molecular formula is C8H6ClF2NO3. The fourth-order valence-electron chi connectivity index (χ4n) is 0.995. The molecule has 0 heterocycles. The van der Waals surface area contributed by atoms with Gasteiger partial charge in [-0.05, 0) is 6.07 Å². The van der Waals surface area contributed by atoms with Crippen LogP contribution in [0.25, 0.3) is 0 Å². The number of ether oxygens (including phenoxy) is 1. The Morgan fingerprint density at radius 1 is 1.53 bits per heavy atom. The third-order valence-electron chi connectivity index (χ3n) is 1.61. The van der Waals surface area contributed by atoms with Gasteiger partial charge < -0.3 is 4.74 Å². The molecule has 0 unspecified atom stereocenters. The van der Waals surface area contributed by atoms with E-state index in [4.69, 9.17) is 11.6 Å². The normalized spacial score (nSPS) is 10.4. The molecule has 0 radical (unpaired) electrons. The van der Waals surface area contributed by atoms with E-state index in [0.29, 0.717) is 0 Å². The monoisotopic (exact) mass is 237 g/mol. The second kappa shape index (κ2) is 4.88. The number of nitro benzene ring substituents is 1.